The molecule has 1 rings (SSSR count). The molecule has 15 heavy (non-hydrogen) atoms. The number of hydrogen-bond acceptors (Lipinski definition) is 2. The molecule has 0 aliphatic heterocycles. The van der Waals surface area contributed by atoms with Crippen LogP contribution in [0.3, 0.4) is 0 Å². The van der Waals surface area contributed by atoms with Crippen molar-refractivity contribution < 1.29 is 0 Å². The lowest BCUT2D eigenvalue weighted by Crippen LogP contribution is -2.42. The van der Waals surface area contributed by atoms with Gasteiger partial charge >= 0.3 is 0 Å². The first-order valence-electron chi connectivity index (χ1n) is 6.59. The van der Waals surface area contributed by atoms with Gasteiger partial charge < -0.3 is 5.73 Å². The summed E-state index contributed by atoms with van der Waals surface area (Å²) in [5, 5.41) is 0. The summed E-state index contributed by atoms with van der Waals surface area (Å²) in [6.45, 7) is 10.2. The molecule has 0 aromatic heterocycles. The fourth-order valence-corrected chi connectivity index (χ4v) is 2.46. The Bertz CT molecular complexity index is 177. The van der Waals surface area contributed by atoms with Crippen molar-refractivity contribution in [1.29, 1.82) is 0 Å². The normalized spacial score (nSPS) is 20.6. The molecule has 0 saturated heterocycles. The van der Waals surface area contributed by atoms with E-state index in [0.717, 1.165) is 12.6 Å². The Balaban J connectivity index is 2.45. The summed E-state index contributed by atoms with van der Waals surface area (Å²) in [5.41, 5.74) is 6.27. The summed E-state index contributed by atoms with van der Waals surface area (Å²) in [5.74, 6) is 0. The summed E-state index contributed by atoms with van der Waals surface area (Å²) in [6, 6.07) is 0.882. The lowest BCUT2D eigenvalue weighted by atomic mass is 9.85. The van der Waals surface area contributed by atoms with E-state index in [-0.39, 0.29) is 0 Å². The molecule has 0 amide bonds. The highest BCUT2D eigenvalue weighted by atomic mass is 15.2. The number of nitrogens with two attached hydrogens (primary N) is 1. The molecule has 0 bridgehead atoms. The zero-order valence-corrected chi connectivity index (χ0v) is 10.8. The van der Waals surface area contributed by atoms with Crippen molar-refractivity contribution in [3.63, 3.8) is 0 Å². The monoisotopic (exact) mass is 212 g/mol. The van der Waals surface area contributed by atoms with Crippen molar-refractivity contribution in [3.8, 4) is 0 Å². The molecule has 2 nitrogen and oxygen atoms in total. The van der Waals surface area contributed by atoms with Crippen LogP contribution in [-0.4, -0.2) is 30.6 Å². The predicted molar refractivity (Wildman–Crippen MR) is 67.0 cm³/mol. The first-order valence-corrected chi connectivity index (χ1v) is 6.59. The lowest BCUT2D eigenvalue weighted by molar-refractivity contribution is 0.151. The summed E-state index contributed by atoms with van der Waals surface area (Å²) >= 11 is 0. The fraction of sp³-hybridized carbons (Fsp3) is 1.00. The van der Waals surface area contributed by atoms with Gasteiger partial charge in [-0.25, -0.2) is 0 Å². The maximum Gasteiger partial charge on any atom is 0.00966 e. The molecule has 2 heteroatoms. The highest BCUT2D eigenvalue weighted by molar-refractivity contribution is 4.89. The number of nitrogens with zero attached hydrogens (tertiary/aromatic N) is 1. The minimum absolute atomic E-state index is 0.340. The van der Waals surface area contributed by atoms with Crippen LogP contribution in [0.5, 0.6) is 0 Å². The molecule has 0 radical (unpaired) electrons. The molecule has 0 heterocycles. The highest BCUT2D eigenvalue weighted by Gasteiger charge is 2.33. The van der Waals surface area contributed by atoms with E-state index in [2.05, 4.69) is 25.7 Å². The Morgan fingerprint density at radius 1 is 1.27 bits per heavy atom. The van der Waals surface area contributed by atoms with E-state index in [0.29, 0.717) is 5.41 Å². The molecular formula is C13H28N2. The smallest absolute Gasteiger partial charge is 0.00966 e. The predicted octanol–water partition coefficient (Wildman–Crippen LogP) is 2.63. The van der Waals surface area contributed by atoms with Gasteiger partial charge in [-0.2, -0.15) is 0 Å². The summed E-state index contributed by atoms with van der Waals surface area (Å²) in [6.07, 6.45) is 6.59. The average molecular weight is 212 g/mol. The molecule has 1 atom stereocenters. The zero-order valence-electron chi connectivity index (χ0n) is 10.8. The third-order valence-corrected chi connectivity index (χ3v) is 3.51. The molecule has 1 fully saturated rings. The van der Waals surface area contributed by atoms with Crippen LogP contribution in [0.15, 0.2) is 0 Å². The van der Waals surface area contributed by atoms with Crippen molar-refractivity contribution in [2.75, 3.05) is 19.6 Å². The van der Waals surface area contributed by atoms with Crippen LogP contribution in [0.2, 0.25) is 0 Å². The molecule has 1 aliphatic carbocycles. The van der Waals surface area contributed by atoms with Crippen molar-refractivity contribution in [2.45, 2.75) is 58.9 Å². The first-order chi connectivity index (χ1) is 7.15. The van der Waals surface area contributed by atoms with Gasteiger partial charge in [0, 0.05) is 12.6 Å². The Morgan fingerprint density at radius 3 is 2.33 bits per heavy atom. The number of hydrogen-bond donors (Lipinski definition) is 1. The van der Waals surface area contributed by atoms with Gasteiger partial charge in [-0.05, 0) is 44.2 Å². The Kier molecular flexibility index (Phi) is 5.07. The summed E-state index contributed by atoms with van der Waals surface area (Å²) in [7, 11) is 0. The standard InChI is InChI=1S/C13H28N2/c1-4-8-13(3,10-14)11-15(9-5-2)12-6-7-12/h12H,4-11,14H2,1-3H3. The first kappa shape index (κ1) is 13.0. The largest absolute Gasteiger partial charge is 0.330 e. The van der Waals surface area contributed by atoms with Gasteiger partial charge in [0.2, 0.25) is 0 Å². The quantitative estimate of drug-likeness (QED) is 0.670. The van der Waals surface area contributed by atoms with Crippen molar-refractivity contribution in [3.05, 3.63) is 0 Å². The minimum Gasteiger partial charge on any atom is -0.330 e. The molecule has 1 saturated carbocycles. The van der Waals surface area contributed by atoms with E-state index in [1.807, 2.05) is 0 Å². The Morgan fingerprint density at radius 2 is 1.93 bits per heavy atom. The molecule has 1 aliphatic rings. The van der Waals surface area contributed by atoms with Crippen LogP contribution in [0.1, 0.15) is 52.9 Å². The second-order valence-electron chi connectivity index (χ2n) is 5.47. The number of rotatable bonds is 8. The summed E-state index contributed by atoms with van der Waals surface area (Å²) in [4.78, 5) is 2.67. The maximum atomic E-state index is 5.93. The Hall–Kier alpha value is -0.0800. The topological polar surface area (TPSA) is 29.3 Å². The van der Waals surface area contributed by atoms with Crippen molar-refractivity contribution in [2.24, 2.45) is 11.1 Å². The molecular weight excluding hydrogens is 184 g/mol. The van der Waals surface area contributed by atoms with Gasteiger partial charge in [0.15, 0.2) is 0 Å². The van der Waals surface area contributed by atoms with Gasteiger partial charge in [0.25, 0.3) is 0 Å². The Labute approximate surface area is 95.2 Å². The molecule has 0 spiro atoms. The van der Waals surface area contributed by atoms with Gasteiger partial charge in [0.1, 0.15) is 0 Å². The third-order valence-electron chi connectivity index (χ3n) is 3.51. The van der Waals surface area contributed by atoms with Crippen LogP contribution in [0.25, 0.3) is 0 Å². The second-order valence-corrected chi connectivity index (χ2v) is 5.47. The SMILES string of the molecule is CCCN(CC(C)(CN)CCC)C1CC1. The van der Waals surface area contributed by atoms with Crippen molar-refractivity contribution >= 4 is 0 Å². The van der Waals surface area contributed by atoms with Gasteiger partial charge in [0.05, 0.1) is 0 Å². The zero-order chi connectivity index (χ0) is 11.3. The third kappa shape index (κ3) is 4.12. The fourth-order valence-electron chi connectivity index (χ4n) is 2.46. The van der Waals surface area contributed by atoms with Crippen LogP contribution in [0, 0.1) is 5.41 Å². The van der Waals surface area contributed by atoms with E-state index < -0.39 is 0 Å². The average Bonchev–Trinajstić information content (AvgIpc) is 3.01. The molecule has 0 aromatic rings. The maximum absolute atomic E-state index is 5.93. The van der Waals surface area contributed by atoms with Crippen LogP contribution in [-0.2, 0) is 0 Å². The van der Waals surface area contributed by atoms with Gasteiger partial charge in [-0.15, -0.1) is 0 Å². The highest BCUT2D eigenvalue weighted by Crippen LogP contribution is 2.31. The van der Waals surface area contributed by atoms with Gasteiger partial charge in [-0.3, -0.25) is 4.90 Å². The van der Waals surface area contributed by atoms with E-state index in [4.69, 9.17) is 5.73 Å². The van der Waals surface area contributed by atoms with Crippen LogP contribution in [0.4, 0.5) is 0 Å². The van der Waals surface area contributed by atoms with E-state index in [1.54, 1.807) is 0 Å². The van der Waals surface area contributed by atoms with E-state index in [9.17, 15) is 0 Å². The van der Waals surface area contributed by atoms with E-state index >= 15 is 0 Å². The molecule has 0 aromatic carbocycles. The minimum atomic E-state index is 0.340. The van der Waals surface area contributed by atoms with Gasteiger partial charge in [-0.1, -0.05) is 27.2 Å². The van der Waals surface area contributed by atoms with Crippen molar-refractivity contribution in [1.82, 2.24) is 4.90 Å². The second kappa shape index (κ2) is 5.86. The molecule has 1 unspecified atom stereocenters. The lowest BCUT2D eigenvalue weighted by Gasteiger charge is -2.34. The van der Waals surface area contributed by atoms with Crippen LogP contribution < -0.4 is 5.73 Å². The summed E-state index contributed by atoms with van der Waals surface area (Å²) < 4.78 is 0. The molecule has 2 N–H and O–H groups in total. The molecule has 90 valence electrons. The van der Waals surface area contributed by atoms with Crippen LogP contribution >= 0.6 is 0 Å². The van der Waals surface area contributed by atoms with E-state index in [1.165, 1.54) is 45.2 Å².